The maximum Gasteiger partial charge on any atom is 0.504 e. The van der Waals surface area contributed by atoms with Crippen LogP contribution in [0.25, 0.3) is 33.0 Å². The molecule has 0 bridgehead atoms. The summed E-state index contributed by atoms with van der Waals surface area (Å²) in [6, 6.07) is 31.0. The van der Waals surface area contributed by atoms with Crippen molar-refractivity contribution in [3.8, 4) is 28.0 Å². The van der Waals surface area contributed by atoms with Crippen LogP contribution in [0.4, 0.5) is 0 Å². The van der Waals surface area contributed by atoms with E-state index in [1.807, 2.05) is 36.4 Å². The van der Waals surface area contributed by atoms with E-state index in [0.717, 1.165) is 21.9 Å². The highest BCUT2D eigenvalue weighted by molar-refractivity contribution is 6.17. The lowest BCUT2D eigenvalue weighted by Gasteiger charge is -2.14. The molecule has 0 amide bonds. The van der Waals surface area contributed by atoms with Gasteiger partial charge in [-0.2, -0.15) is 0 Å². The Morgan fingerprint density at radius 1 is 0.600 bits per heavy atom. The highest BCUT2D eigenvalue weighted by Crippen LogP contribution is 2.37. The monoisotopic (exact) mass is 324 g/mol. The number of rotatable bonds is 4. The molecule has 0 radical (unpaired) electrons. The van der Waals surface area contributed by atoms with Gasteiger partial charge in [0.2, 0.25) is 0 Å². The zero-order valence-electron chi connectivity index (χ0n) is 13.7. The van der Waals surface area contributed by atoms with E-state index in [-0.39, 0.29) is 7.69 Å². The lowest BCUT2D eigenvalue weighted by Crippen LogP contribution is -1.99. The number of benzene rings is 4. The molecule has 1 N–H and O–H groups in total. The molecular weight excluding hydrogens is 307 g/mol. The molecule has 0 heterocycles. The fourth-order valence-electron chi connectivity index (χ4n) is 3.23. The molecule has 0 fully saturated rings. The van der Waals surface area contributed by atoms with Crippen molar-refractivity contribution >= 4 is 18.5 Å². The first kappa shape index (κ1) is 15.5. The molecule has 0 spiro atoms. The second kappa shape index (κ2) is 6.84. The number of fused-ring (bicyclic) bond motifs is 1. The second-order valence-corrected chi connectivity index (χ2v) is 5.87. The van der Waals surface area contributed by atoms with Crippen molar-refractivity contribution in [3.63, 3.8) is 0 Å². The molecule has 0 saturated carbocycles. The zero-order valence-corrected chi connectivity index (χ0v) is 13.7. The summed E-state index contributed by atoms with van der Waals surface area (Å²) in [5, 5.41) is 11.4. The molecule has 0 aliphatic rings. The highest BCUT2D eigenvalue weighted by atomic mass is 16.5. The van der Waals surface area contributed by atoms with Gasteiger partial charge in [0.15, 0.2) is 0 Å². The van der Waals surface area contributed by atoms with Crippen LogP contribution in [0.1, 0.15) is 0 Å². The first-order valence-electron chi connectivity index (χ1n) is 8.28. The summed E-state index contributed by atoms with van der Waals surface area (Å²) in [6.45, 7) is 0. The largest absolute Gasteiger partial charge is 0.539 e. The van der Waals surface area contributed by atoms with Crippen molar-refractivity contribution in [2.24, 2.45) is 0 Å². The van der Waals surface area contributed by atoms with Crippen molar-refractivity contribution in [3.05, 3.63) is 91.0 Å². The predicted octanol–water partition coefficient (Wildman–Crippen LogP) is 4.81. The van der Waals surface area contributed by atoms with Crippen LogP contribution in [0.15, 0.2) is 91.0 Å². The Kier molecular flexibility index (Phi) is 4.24. The van der Waals surface area contributed by atoms with Gasteiger partial charge in [0, 0.05) is 0 Å². The summed E-state index contributed by atoms with van der Waals surface area (Å²) in [6.07, 6.45) is 0. The van der Waals surface area contributed by atoms with Crippen LogP contribution in [-0.2, 0) is 0 Å². The molecule has 25 heavy (non-hydrogen) atoms. The Labute approximate surface area is 147 Å². The first-order valence-corrected chi connectivity index (χ1v) is 8.28. The van der Waals surface area contributed by atoms with Crippen molar-refractivity contribution in [2.45, 2.75) is 0 Å². The first-order chi connectivity index (χ1) is 12.4. The van der Waals surface area contributed by atoms with Crippen LogP contribution < -0.4 is 4.65 Å². The molecule has 4 rings (SSSR count). The standard InChI is InChI=1S/C22H17BO2/c24-23-25-18-11-12-21-19(16-7-3-1-4-8-16)13-14-20(22(21)15-18)17-9-5-2-6-10-17/h1-15,23-24H. The van der Waals surface area contributed by atoms with Crippen LogP contribution in [0, 0.1) is 0 Å². The third-order valence-electron chi connectivity index (χ3n) is 4.39. The average Bonchev–Trinajstić information content (AvgIpc) is 2.69. The molecule has 0 aromatic heterocycles. The Hall–Kier alpha value is -3.04. The van der Waals surface area contributed by atoms with Gasteiger partial charge >= 0.3 is 7.69 Å². The number of hydrogen-bond donors (Lipinski definition) is 1. The SMILES string of the molecule is OBOc1ccc2c(-c3ccccc3)ccc(-c3ccccc3)c2c1. The van der Waals surface area contributed by atoms with Crippen molar-refractivity contribution in [1.29, 1.82) is 0 Å². The van der Waals surface area contributed by atoms with Gasteiger partial charge in [0.25, 0.3) is 0 Å². The van der Waals surface area contributed by atoms with Crippen LogP contribution in [0.2, 0.25) is 0 Å². The second-order valence-electron chi connectivity index (χ2n) is 5.87. The molecule has 0 atom stereocenters. The fourth-order valence-corrected chi connectivity index (χ4v) is 3.23. The molecule has 0 aliphatic heterocycles. The van der Waals surface area contributed by atoms with E-state index >= 15 is 0 Å². The van der Waals surface area contributed by atoms with Crippen LogP contribution in [0.5, 0.6) is 5.75 Å². The molecule has 4 aromatic rings. The fraction of sp³-hybridized carbons (Fsp3) is 0. The van der Waals surface area contributed by atoms with E-state index in [0.29, 0.717) is 5.75 Å². The Balaban J connectivity index is 1.99. The molecule has 2 nitrogen and oxygen atoms in total. The van der Waals surface area contributed by atoms with Gasteiger partial charge in [0.1, 0.15) is 5.75 Å². The molecule has 120 valence electrons. The normalized spacial score (nSPS) is 10.6. The van der Waals surface area contributed by atoms with Gasteiger partial charge in [-0.1, -0.05) is 78.9 Å². The lowest BCUT2D eigenvalue weighted by atomic mass is 9.92. The van der Waals surface area contributed by atoms with Crippen molar-refractivity contribution in [2.75, 3.05) is 0 Å². The van der Waals surface area contributed by atoms with E-state index < -0.39 is 0 Å². The molecule has 0 aliphatic carbocycles. The van der Waals surface area contributed by atoms with Gasteiger partial charge in [-0.05, 0) is 45.2 Å². The summed E-state index contributed by atoms with van der Waals surface area (Å²) in [4.78, 5) is 0. The summed E-state index contributed by atoms with van der Waals surface area (Å²) in [5.41, 5.74) is 4.68. The topological polar surface area (TPSA) is 29.5 Å². The number of hydrogen-bond acceptors (Lipinski definition) is 2. The zero-order chi connectivity index (χ0) is 17.1. The minimum absolute atomic E-state index is 0.329. The molecule has 0 saturated heterocycles. The smallest absolute Gasteiger partial charge is 0.504 e. The van der Waals surface area contributed by atoms with Crippen molar-refractivity contribution in [1.82, 2.24) is 0 Å². The van der Waals surface area contributed by atoms with Crippen LogP contribution in [0.3, 0.4) is 0 Å². The van der Waals surface area contributed by atoms with E-state index in [1.54, 1.807) is 0 Å². The van der Waals surface area contributed by atoms with Crippen LogP contribution in [-0.4, -0.2) is 12.7 Å². The van der Waals surface area contributed by atoms with E-state index in [4.69, 9.17) is 9.68 Å². The maximum absolute atomic E-state index is 9.09. The van der Waals surface area contributed by atoms with E-state index in [2.05, 4.69) is 54.6 Å². The van der Waals surface area contributed by atoms with Gasteiger partial charge in [0.05, 0.1) is 0 Å². The van der Waals surface area contributed by atoms with Crippen LogP contribution >= 0.6 is 0 Å². The summed E-state index contributed by atoms with van der Waals surface area (Å²) in [7, 11) is -0.329. The van der Waals surface area contributed by atoms with E-state index in [1.165, 1.54) is 11.1 Å². The molecule has 4 aromatic carbocycles. The summed E-state index contributed by atoms with van der Waals surface area (Å²) in [5.74, 6) is 0.664. The Morgan fingerprint density at radius 3 is 1.72 bits per heavy atom. The predicted molar refractivity (Wildman–Crippen MR) is 105 cm³/mol. The third kappa shape index (κ3) is 3.02. The van der Waals surface area contributed by atoms with Gasteiger partial charge < -0.3 is 9.68 Å². The summed E-state index contributed by atoms with van der Waals surface area (Å²) >= 11 is 0. The highest BCUT2D eigenvalue weighted by Gasteiger charge is 2.10. The molecular formula is C22H17BO2. The maximum atomic E-state index is 9.09. The minimum atomic E-state index is -0.329. The minimum Gasteiger partial charge on any atom is -0.539 e. The molecule has 3 heteroatoms. The van der Waals surface area contributed by atoms with Gasteiger partial charge in [-0.25, -0.2) is 0 Å². The lowest BCUT2D eigenvalue weighted by molar-refractivity contribution is 0.454. The van der Waals surface area contributed by atoms with Crippen molar-refractivity contribution < 1.29 is 9.68 Å². The van der Waals surface area contributed by atoms with Gasteiger partial charge in [-0.3, -0.25) is 0 Å². The van der Waals surface area contributed by atoms with E-state index in [9.17, 15) is 0 Å². The Bertz CT molecular complexity index is 998. The Morgan fingerprint density at radius 2 is 1.16 bits per heavy atom. The third-order valence-corrected chi connectivity index (χ3v) is 4.39. The average molecular weight is 324 g/mol. The molecule has 0 unspecified atom stereocenters. The summed E-state index contributed by atoms with van der Waals surface area (Å²) < 4.78 is 5.31. The quantitative estimate of drug-likeness (QED) is 0.546. The van der Waals surface area contributed by atoms with Gasteiger partial charge in [-0.15, -0.1) is 0 Å².